The summed E-state index contributed by atoms with van der Waals surface area (Å²) in [6, 6.07) is 23.5. The van der Waals surface area contributed by atoms with Crippen molar-refractivity contribution in [1.29, 1.82) is 0 Å². The minimum atomic E-state index is -0.436. The standard InChI is InChI=1S/C26H21ClN2O4/c1-32-24-9-5-2-6-19(24)16-33-25-13-11-18(20-7-3-4-8-21(20)25)15-28-29-26(31)17-10-12-23(30)22(27)14-17/h2-15,30H,16H2,1H3,(H,29,31). The van der Waals surface area contributed by atoms with E-state index in [0.717, 1.165) is 33.4 Å². The van der Waals surface area contributed by atoms with Crippen molar-refractivity contribution >= 4 is 34.5 Å². The molecule has 0 aromatic heterocycles. The molecule has 0 saturated carbocycles. The van der Waals surface area contributed by atoms with E-state index in [-0.39, 0.29) is 10.8 Å². The highest BCUT2D eigenvalue weighted by atomic mass is 35.5. The molecule has 0 unspecified atom stereocenters. The zero-order valence-electron chi connectivity index (χ0n) is 17.8. The smallest absolute Gasteiger partial charge is 0.271 e. The number of amides is 1. The molecule has 1 amide bonds. The molecule has 0 spiro atoms. The van der Waals surface area contributed by atoms with Crippen LogP contribution in [-0.4, -0.2) is 24.3 Å². The second-order valence-corrected chi connectivity index (χ2v) is 7.57. The number of carbonyl (C=O) groups is 1. The minimum Gasteiger partial charge on any atom is -0.506 e. The van der Waals surface area contributed by atoms with Gasteiger partial charge in [-0.1, -0.05) is 54.1 Å². The fourth-order valence-electron chi connectivity index (χ4n) is 3.38. The van der Waals surface area contributed by atoms with E-state index >= 15 is 0 Å². The molecular weight excluding hydrogens is 440 g/mol. The summed E-state index contributed by atoms with van der Waals surface area (Å²) in [4.78, 5) is 12.3. The molecule has 33 heavy (non-hydrogen) atoms. The second kappa shape index (κ2) is 10.1. The van der Waals surface area contributed by atoms with Gasteiger partial charge in [-0.25, -0.2) is 5.43 Å². The van der Waals surface area contributed by atoms with Crippen molar-refractivity contribution in [2.75, 3.05) is 7.11 Å². The van der Waals surface area contributed by atoms with E-state index in [0.29, 0.717) is 12.2 Å². The Balaban J connectivity index is 1.52. The Morgan fingerprint density at radius 2 is 1.76 bits per heavy atom. The number of para-hydroxylation sites is 1. The number of phenolic OH excluding ortho intramolecular Hbond substituents is 1. The number of methoxy groups -OCH3 is 1. The van der Waals surface area contributed by atoms with Crippen LogP contribution < -0.4 is 14.9 Å². The maximum atomic E-state index is 12.3. The number of benzene rings is 4. The highest BCUT2D eigenvalue weighted by Crippen LogP contribution is 2.29. The van der Waals surface area contributed by atoms with E-state index in [9.17, 15) is 9.90 Å². The first kappa shape index (κ1) is 22.2. The summed E-state index contributed by atoms with van der Waals surface area (Å²) in [5.74, 6) is 0.984. The number of aromatic hydroxyl groups is 1. The molecule has 4 aromatic carbocycles. The number of hydrazone groups is 1. The van der Waals surface area contributed by atoms with Gasteiger partial charge in [-0.2, -0.15) is 5.10 Å². The Hall–Kier alpha value is -4.03. The van der Waals surface area contributed by atoms with Crippen molar-refractivity contribution < 1.29 is 19.4 Å². The van der Waals surface area contributed by atoms with Gasteiger partial charge in [-0.15, -0.1) is 0 Å². The molecule has 0 aliphatic rings. The van der Waals surface area contributed by atoms with Crippen molar-refractivity contribution in [3.63, 3.8) is 0 Å². The summed E-state index contributed by atoms with van der Waals surface area (Å²) in [7, 11) is 1.64. The molecule has 0 bridgehead atoms. The lowest BCUT2D eigenvalue weighted by Gasteiger charge is -2.13. The number of phenols is 1. The van der Waals surface area contributed by atoms with E-state index in [4.69, 9.17) is 21.1 Å². The molecule has 0 aliphatic heterocycles. The predicted octanol–water partition coefficient (Wildman–Crippen LogP) is 5.55. The number of carbonyl (C=O) groups excluding carboxylic acids is 1. The van der Waals surface area contributed by atoms with E-state index in [1.807, 2.05) is 60.7 Å². The molecule has 4 rings (SSSR count). The van der Waals surface area contributed by atoms with Gasteiger partial charge in [0.2, 0.25) is 0 Å². The van der Waals surface area contributed by atoms with Gasteiger partial charge in [0.1, 0.15) is 23.9 Å². The van der Waals surface area contributed by atoms with Crippen LogP contribution in [0.1, 0.15) is 21.5 Å². The van der Waals surface area contributed by atoms with Crippen LogP contribution in [0.3, 0.4) is 0 Å². The number of hydrogen-bond donors (Lipinski definition) is 2. The van der Waals surface area contributed by atoms with Gasteiger partial charge in [-0.3, -0.25) is 4.79 Å². The number of ether oxygens (including phenoxy) is 2. The number of hydrogen-bond acceptors (Lipinski definition) is 5. The molecule has 0 fully saturated rings. The highest BCUT2D eigenvalue weighted by molar-refractivity contribution is 6.32. The average molecular weight is 461 g/mol. The number of fused-ring (bicyclic) bond motifs is 1. The molecule has 2 N–H and O–H groups in total. The van der Waals surface area contributed by atoms with Crippen LogP contribution in [-0.2, 0) is 6.61 Å². The third-order valence-electron chi connectivity index (χ3n) is 5.07. The summed E-state index contributed by atoms with van der Waals surface area (Å²) in [6.45, 7) is 0.368. The van der Waals surface area contributed by atoms with E-state index in [1.54, 1.807) is 13.3 Å². The normalized spacial score (nSPS) is 11.0. The molecular formula is C26H21ClN2O4. The fourth-order valence-corrected chi connectivity index (χ4v) is 3.56. The molecule has 0 saturated heterocycles. The molecule has 4 aromatic rings. The van der Waals surface area contributed by atoms with Crippen molar-refractivity contribution in [2.45, 2.75) is 6.61 Å². The van der Waals surface area contributed by atoms with Crippen LogP contribution in [0.15, 0.2) is 84.0 Å². The van der Waals surface area contributed by atoms with Gasteiger partial charge in [0.15, 0.2) is 0 Å². The Bertz CT molecular complexity index is 1340. The van der Waals surface area contributed by atoms with Crippen LogP contribution in [0.25, 0.3) is 10.8 Å². The van der Waals surface area contributed by atoms with Crippen molar-refractivity contribution in [2.24, 2.45) is 5.10 Å². The average Bonchev–Trinajstić information content (AvgIpc) is 2.85. The topological polar surface area (TPSA) is 80.2 Å². The van der Waals surface area contributed by atoms with Gasteiger partial charge in [0.05, 0.1) is 18.3 Å². The zero-order valence-corrected chi connectivity index (χ0v) is 18.5. The molecule has 0 atom stereocenters. The van der Waals surface area contributed by atoms with Crippen molar-refractivity contribution in [3.05, 3.63) is 101 Å². The molecule has 7 heteroatoms. The van der Waals surface area contributed by atoms with Gasteiger partial charge in [0, 0.05) is 22.1 Å². The van der Waals surface area contributed by atoms with E-state index in [2.05, 4.69) is 10.5 Å². The first-order valence-corrected chi connectivity index (χ1v) is 10.5. The number of rotatable bonds is 7. The summed E-state index contributed by atoms with van der Waals surface area (Å²) < 4.78 is 11.5. The molecule has 0 radical (unpaired) electrons. The second-order valence-electron chi connectivity index (χ2n) is 7.16. The van der Waals surface area contributed by atoms with E-state index in [1.165, 1.54) is 18.2 Å². The Morgan fingerprint density at radius 1 is 1.00 bits per heavy atom. The predicted molar refractivity (Wildman–Crippen MR) is 129 cm³/mol. The highest BCUT2D eigenvalue weighted by Gasteiger charge is 2.09. The summed E-state index contributed by atoms with van der Waals surface area (Å²) in [5, 5.41) is 15.5. The van der Waals surface area contributed by atoms with Crippen LogP contribution >= 0.6 is 11.6 Å². The van der Waals surface area contributed by atoms with Crippen LogP contribution in [0, 0.1) is 0 Å². The zero-order chi connectivity index (χ0) is 23.2. The molecule has 6 nitrogen and oxygen atoms in total. The third kappa shape index (κ3) is 5.07. The maximum absolute atomic E-state index is 12.3. The van der Waals surface area contributed by atoms with Crippen LogP contribution in [0.4, 0.5) is 0 Å². The lowest BCUT2D eigenvalue weighted by molar-refractivity contribution is 0.0955. The van der Waals surface area contributed by atoms with Crippen LogP contribution in [0.2, 0.25) is 5.02 Å². The molecule has 166 valence electrons. The lowest BCUT2D eigenvalue weighted by Crippen LogP contribution is -2.17. The number of nitrogens with zero attached hydrogens (tertiary/aromatic N) is 1. The Morgan fingerprint density at radius 3 is 2.55 bits per heavy atom. The lowest BCUT2D eigenvalue weighted by atomic mass is 10.0. The number of nitrogens with one attached hydrogen (secondary N) is 1. The SMILES string of the molecule is COc1ccccc1COc1ccc(C=NNC(=O)c2ccc(O)c(Cl)c2)c2ccccc12. The van der Waals surface area contributed by atoms with Crippen molar-refractivity contribution in [3.8, 4) is 17.2 Å². The summed E-state index contributed by atoms with van der Waals surface area (Å²) in [5.41, 5.74) is 4.54. The third-order valence-corrected chi connectivity index (χ3v) is 5.38. The summed E-state index contributed by atoms with van der Waals surface area (Å²) in [6.07, 6.45) is 1.58. The fraction of sp³-hybridized carbons (Fsp3) is 0.0769. The monoisotopic (exact) mass is 460 g/mol. The van der Waals surface area contributed by atoms with Gasteiger partial charge >= 0.3 is 0 Å². The largest absolute Gasteiger partial charge is 0.506 e. The van der Waals surface area contributed by atoms with Gasteiger partial charge in [0.25, 0.3) is 5.91 Å². The van der Waals surface area contributed by atoms with Crippen LogP contribution in [0.5, 0.6) is 17.2 Å². The van der Waals surface area contributed by atoms with Gasteiger partial charge in [-0.05, 0) is 41.8 Å². The van der Waals surface area contributed by atoms with E-state index < -0.39 is 5.91 Å². The first-order valence-electron chi connectivity index (χ1n) is 10.1. The Kier molecular flexibility index (Phi) is 6.76. The minimum absolute atomic E-state index is 0.0868. The quantitative estimate of drug-likeness (QED) is 0.280. The first-order chi connectivity index (χ1) is 16.1. The van der Waals surface area contributed by atoms with Gasteiger partial charge < -0.3 is 14.6 Å². The van der Waals surface area contributed by atoms with Crippen molar-refractivity contribution in [1.82, 2.24) is 5.43 Å². The summed E-state index contributed by atoms with van der Waals surface area (Å²) >= 11 is 5.86. The maximum Gasteiger partial charge on any atom is 0.271 e. The number of halogens is 1. The molecule has 0 heterocycles. The Labute approximate surface area is 196 Å². The molecule has 0 aliphatic carbocycles.